The number of likely N-dealkylation sites (tertiary alicyclic amines) is 1. The molecule has 3 heterocycles. The number of aliphatic hydroxyl groups is 4. The van der Waals surface area contributed by atoms with E-state index in [1.165, 1.54) is 91.7 Å². The van der Waals surface area contributed by atoms with Gasteiger partial charge in [0.15, 0.2) is 6.29 Å². The molecule has 0 aromatic heterocycles. The summed E-state index contributed by atoms with van der Waals surface area (Å²) in [6.45, 7) is 11.6. The molecule has 3 aliphatic heterocycles. The fourth-order valence-electron chi connectivity index (χ4n) is 11.9. The molecule has 1 aliphatic carbocycles. The molecule has 3 aromatic carbocycles. The third-order valence-corrected chi connectivity index (χ3v) is 16.8. The number of nitro benzene ring substituents is 3. The number of ether oxygens (including phenoxy) is 7. The van der Waals surface area contributed by atoms with Crippen LogP contribution in [0.25, 0.3) is 0 Å². The Morgan fingerprint density at radius 3 is 1.73 bits per heavy atom. The van der Waals surface area contributed by atoms with Gasteiger partial charge in [-0.15, -0.1) is 0 Å². The highest BCUT2D eigenvalue weighted by Gasteiger charge is 2.56. The zero-order chi connectivity index (χ0) is 71.1. The molecule has 3 fully saturated rings. The van der Waals surface area contributed by atoms with Crippen molar-refractivity contribution in [3.05, 3.63) is 132 Å². The van der Waals surface area contributed by atoms with E-state index in [-0.39, 0.29) is 62.1 Å². The average Bonchev–Trinajstić information content (AvgIpc) is 0.762. The summed E-state index contributed by atoms with van der Waals surface area (Å²) < 4.78 is 41.5. The van der Waals surface area contributed by atoms with Gasteiger partial charge in [-0.25, -0.2) is 19.2 Å². The number of benzene rings is 3. The van der Waals surface area contributed by atoms with Gasteiger partial charge >= 0.3 is 24.4 Å². The van der Waals surface area contributed by atoms with Crippen molar-refractivity contribution in [1.82, 2.24) is 36.4 Å². The average molecular weight is 1370 g/mol. The van der Waals surface area contributed by atoms with E-state index >= 15 is 0 Å². The zero-order valence-electron chi connectivity index (χ0n) is 55.3. The third kappa shape index (κ3) is 22.1. The first-order valence-corrected chi connectivity index (χ1v) is 31.8. The van der Waals surface area contributed by atoms with Crippen LogP contribution in [-0.4, -0.2) is 200 Å². The normalized spacial score (nSPS) is 24.7. The minimum atomic E-state index is -1.98. The fraction of sp³-hybridized carbons (Fsp3) is 0.594. The van der Waals surface area contributed by atoms with Crippen molar-refractivity contribution in [2.45, 2.75) is 179 Å². The Morgan fingerprint density at radius 1 is 0.732 bits per heavy atom. The van der Waals surface area contributed by atoms with Gasteiger partial charge < -0.3 is 90.0 Å². The molecule has 2 saturated heterocycles. The molecule has 1 saturated carbocycles. The third-order valence-electron chi connectivity index (χ3n) is 16.8. The molecule has 33 heteroatoms. The Kier molecular flexibility index (Phi) is 26.0. The number of likely N-dealkylation sites (N-methyl/N-ethyl adjacent to an activating group) is 1. The number of alkyl carbamates (subject to hydrolysis) is 3. The number of aliphatic hydroxyl groups excluding tert-OH is 3. The van der Waals surface area contributed by atoms with E-state index in [0.717, 1.165) is 0 Å². The second-order valence-corrected chi connectivity index (χ2v) is 27.0. The molecule has 0 radical (unpaired) electrons. The quantitative estimate of drug-likeness (QED) is 0.0310. The molecule has 0 spiro atoms. The second kappa shape index (κ2) is 33.4. The Morgan fingerprint density at radius 2 is 1.24 bits per heavy atom. The molecule has 1 unspecified atom stereocenters. The van der Waals surface area contributed by atoms with Crippen LogP contribution in [-0.2, 0) is 62.6 Å². The van der Waals surface area contributed by atoms with Crippen LogP contribution < -0.4 is 26.6 Å². The number of nitrogens with one attached hydrogen (secondary N) is 5. The van der Waals surface area contributed by atoms with Crippen molar-refractivity contribution in [1.29, 1.82) is 0 Å². The summed E-state index contributed by atoms with van der Waals surface area (Å²) in [6, 6.07) is 10.2. The SMILES string of the molecule is CN(C(=O)CC(C)(C)C)[C@@H]1[C@@H](O)[C@@H](O[C@H]2[C@H](NC(=O)[C@@H](O)CCNC(=O)OCc3ccc([N+](=O)[O-])cc3)C[C@H](NC(=O)OCc3ccc([N+](=O)[O-])cc3)C([C@H]3OC(CNCC4CCN(C(=O)OC(C)(C)C)CC4)=CC[C@H]3NC(=O)OCc3ccc([N+](=O)[O-])cc3)[C@@H]2O)OC[C@]1(C)O. The smallest absolute Gasteiger partial charge is 0.410 e. The molecule has 4 aliphatic rings. The number of hydrogen-bond donors (Lipinski definition) is 9. The number of hydrogen-bond acceptors (Lipinski definition) is 24. The van der Waals surface area contributed by atoms with Gasteiger partial charge in [-0.3, -0.25) is 39.9 Å². The molecule has 7 rings (SSSR count). The summed E-state index contributed by atoms with van der Waals surface area (Å²) in [5, 5.41) is 96.7. The number of nitro groups is 3. The van der Waals surface area contributed by atoms with E-state index in [2.05, 4.69) is 26.6 Å². The first kappa shape index (κ1) is 75.5. The first-order chi connectivity index (χ1) is 45.6. The van der Waals surface area contributed by atoms with E-state index in [0.29, 0.717) is 54.9 Å². The molecule has 3 aromatic rings. The molecule has 0 bridgehead atoms. The van der Waals surface area contributed by atoms with Gasteiger partial charge in [-0.05, 0) is 137 Å². The molecule has 33 nitrogen and oxygen atoms in total. The number of rotatable bonds is 25. The van der Waals surface area contributed by atoms with Crippen LogP contribution in [0.5, 0.6) is 0 Å². The topological polar surface area (TPSA) is 444 Å². The first-order valence-electron chi connectivity index (χ1n) is 31.8. The molecule has 532 valence electrons. The monoisotopic (exact) mass is 1360 g/mol. The van der Waals surface area contributed by atoms with E-state index < -0.39 is 161 Å². The van der Waals surface area contributed by atoms with Gasteiger partial charge in [0.25, 0.3) is 17.1 Å². The van der Waals surface area contributed by atoms with Gasteiger partial charge in [0, 0.05) is 81.5 Å². The molecule has 9 N–H and O–H groups in total. The van der Waals surface area contributed by atoms with Crippen LogP contribution in [0, 0.1) is 47.6 Å². The highest BCUT2D eigenvalue weighted by atomic mass is 16.7. The lowest BCUT2D eigenvalue weighted by Crippen LogP contribution is -2.71. The van der Waals surface area contributed by atoms with Crippen LogP contribution in [0.1, 0.15) is 104 Å². The van der Waals surface area contributed by atoms with E-state index in [4.69, 9.17) is 33.2 Å². The Balaban J connectivity index is 1.20. The lowest BCUT2D eigenvalue weighted by Gasteiger charge is -2.52. The minimum absolute atomic E-state index is 0.0134. The van der Waals surface area contributed by atoms with Crippen LogP contribution in [0.2, 0.25) is 0 Å². The summed E-state index contributed by atoms with van der Waals surface area (Å²) >= 11 is 0. The number of nitrogens with zero attached hydrogens (tertiary/aromatic N) is 5. The van der Waals surface area contributed by atoms with Crippen LogP contribution in [0.4, 0.5) is 36.2 Å². The van der Waals surface area contributed by atoms with Gasteiger partial charge in [-0.2, -0.15) is 0 Å². The largest absolute Gasteiger partial charge is 0.491 e. The summed E-state index contributed by atoms with van der Waals surface area (Å²) in [6.07, 6.45) is -12.2. The van der Waals surface area contributed by atoms with Gasteiger partial charge in [0.05, 0.1) is 52.2 Å². The van der Waals surface area contributed by atoms with Crippen LogP contribution in [0.3, 0.4) is 0 Å². The Labute approximate surface area is 559 Å². The van der Waals surface area contributed by atoms with E-state index in [1.54, 1.807) is 31.7 Å². The number of piperidine rings is 1. The molecule has 12 atom stereocenters. The van der Waals surface area contributed by atoms with Crippen molar-refractivity contribution in [3.63, 3.8) is 0 Å². The predicted octanol–water partition coefficient (Wildman–Crippen LogP) is 4.87. The van der Waals surface area contributed by atoms with Crippen LogP contribution in [0.15, 0.2) is 84.6 Å². The van der Waals surface area contributed by atoms with Crippen molar-refractivity contribution < 1.29 is 97.1 Å². The number of carbonyl (C=O) groups is 6. The van der Waals surface area contributed by atoms with E-state index in [1.807, 2.05) is 20.8 Å². The molecule has 97 heavy (non-hydrogen) atoms. The highest BCUT2D eigenvalue weighted by molar-refractivity contribution is 5.81. The lowest BCUT2D eigenvalue weighted by molar-refractivity contribution is -0.385. The standard InChI is InChI=1S/C64H88N10O23/c1-62(2,3)30-49(76)70(8)55-52(78)57(94-36-64(55,7)84)96-54-47(67-56(79)48(75)23-26-66-58(80)91-33-38-9-15-41(16-10-38)72(85)86)29-46(69-60(82)93-35-40-13-19-43(20-14-40)74(89)90)50(51(54)77)53-45(68-59(81)92-34-39-11-17-42(18-12-39)73(87)88)22-21-44(95-53)32-65-31-37-24-27-71(28-25-37)61(83)97-63(4,5)6/h9-21,37,45-48,50-55,57,65,75,77-78,84H,22-36H2,1-8H3,(H,66,80)(H,67,79)(H,68,81)(H,69,82)/t45-,46+,47-,48+,50?,51+,52-,53+,54+,55-,57-,64+/m1/s1. The maximum Gasteiger partial charge on any atom is 0.410 e. The zero-order valence-corrected chi connectivity index (χ0v) is 55.3. The number of non-ortho nitro benzene ring substituents is 3. The van der Waals surface area contributed by atoms with Crippen molar-refractivity contribution >= 4 is 53.2 Å². The Bertz CT molecular complexity index is 3260. The fourth-order valence-corrected chi connectivity index (χ4v) is 11.9. The summed E-state index contributed by atoms with van der Waals surface area (Å²) in [5.41, 5.74) is -2.61. The maximum atomic E-state index is 14.3. The Hall–Kier alpha value is -8.86. The summed E-state index contributed by atoms with van der Waals surface area (Å²) in [4.78, 5) is 117. The predicted molar refractivity (Wildman–Crippen MR) is 341 cm³/mol. The number of amides is 6. The summed E-state index contributed by atoms with van der Waals surface area (Å²) in [7, 11) is 1.39. The van der Waals surface area contributed by atoms with Crippen molar-refractivity contribution in [3.8, 4) is 0 Å². The van der Waals surface area contributed by atoms with Crippen molar-refractivity contribution in [2.75, 3.05) is 46.4 Å². The number of carbonyl (C=O) groups excluding carboxylic acids is 6. The van der Waals surface area contributed by atoms with E-state index in [9.17, 15) is 79.5 Å². The van der Waals surface area contributed by atoms with Crippen molar-refractivity contribution in [2.24, 2.45) is 17.3 Å². The van der Waals surface area contributed by atoms with Crippen LogP contribution >= 0.6 is 0 Å². The molecule has 6 amide bonds. The van der Waals surface area contributed by atoms with Gasteiger partial charge in [-0.1, -0.05) is 20.8 Å². The molecular formula is C64H88N10O23. The lowest BCUT2D eigenvalue weighted by atomic mass is 9.72. The second-order valence-electron chi connectivity index (χ2n) is 27.0. The maximum absolute atomic E-state index is 14.3. The van der Waals surface area contributed by atoms with Gasteiger partial charge in [0.1, 0.15) is 61.2 Å². The minimum Gasteiger partial charge on any atom is -0.491 e. The van der Waals surface area contributed by atoms with Gasteiger partial charge in [0.2, 0.25) is 11.8 Å². The highest BCUT2D eigenvalue weighted by Crippen LogP contribution is 2.39. The summed E-state index contributed by atoms with van der Waals surface area (Å²) in [5.74, 6) is -2.60. The molecular weight excluding hydrogens is 1280 g/mol.